The van der Waals surface area contributed by atoms with E-state index in [1.807, 2.05) is 30.3 Å². The SMILES string of the molecule is O=C(C=Cc1ccccc1)NC([NH+]1CCOCC1)C(Cl)(Cl)Cl. The van der Waals surface area contributed by atoms with Crippen LogP contribution in [0.1, 0.15) is 5.56 Å². The maximum Gasteiger partial charge on any atom is 0.262 e. The van der Waals surface area contributed by atoms with Gasteiger partial charge in [0.1, 0.15) is 13.1 Å². The van der Waals surface area contributed by atoms with Crippen LogP contribution in [-0.2, 0) is 9.53 Å². The zero-order valence-corrected chi connectivity index (χ0v) is 14.2. The Balaban J connectivity index is 2.00. The molecule has 2 N–H and O–H groups in total. The number of benzene rings is 1. The number of carbonyl (C=O) groups excluding carboxylic acids is 1. The Kier molecular flexibility index (Phi) is 6.53. The molecule has 1 amide bonds. The number of nitrogens with one attached hydrogen (secondary N) is 2. The van der Waals surface area contributed by atoms with E-state index in [0.717, 1.165) is 10.5 Å². The molecule has 0 radical (unpaired) electrons. The molecule has 1 aromatic rings. The number of hydrogen-bond donors (Lipinski definition) is 2. The largest absolute Gasteiger partial charge is 0.370 e. The van der Waals surface area contributed by atoms with Crippen molar-refractivity contribution in [2.45, 2.75) is 9.96 Å². The molecule has 1 atom stereocenters. The molecule has 1 aliphatic rings. The minimum Gasteiger partial charge on any atom is -0.370 e. The highest BCUT2D eigenvalue weighted by molar-refractivity contribution is 6.68. The van der Waals surface area contributed by atoms with Crippen LogP contribution in [0.25, 0.3) is 6.08 Å². The van der Waals surface area contributed by atoms with Crippen molar-refractivity contribution >= 4 is 46.8 Å². The van der Waals surface area contributed by atoms with Crippen LogP contribution in [0.5, 0.6) is 0 Å². The zero-order valence-electron chi connectivity index (χ0n) is 11.9. The lowest BCUT2D eigenvalue weighted by Gasteiger charge is -2.34. The fraction of sp³-hybridized carbons (Fsp3) is 0.400. The van der Waals surface area contributed by atoms with E-state index in [1.165, 1.54) is 6.08 Å². The van der Waals surface area contributed by atoms with Gasteiger partial charge >= 0.3 is 0 Å². The van der Waals surface area contributed by atoms with E-state index in [9.17, 15) is 4.79 Å². The second-order valence-electron chi connectivity index (χ2n) is 5.00. The average Bonchev–Trinajstić information content (AvgIpc) is 2.51. The Labute approximate surface area is 145 Å². The summed E-state index contributed by atoms with van der Waals surface area (Å²) >= 11 is 18.1. The van der Waals surface area contributed by atoms with Crippen molar-refractivity contribution in [3.8, 4) is 0 Å². The number of quaternary nitrogens is 1. The molecule has 7 heteroatoms. The maximum atomic E-state index is 12.1. The molecule has 0 bridgehead atoms. The molecular weight excluding hydrogens is 347 g/mol. The highest BCUT2D eigenvalue weighted by atomic mass is 35.6. The highest BCUT2D eigenvalue weighted by Crippen LogP contribution is 2.27. The van der Waals surface area contributed by atoms with Crippen LogP contribution in [0, 0.1) is 0 Å². The van der Waals surface area contributed by atoms with Crippen LogP contribution in [0.2, 0.25) is 0 Å². The third-order valence-corrected chi connectivity index (χ3v) is 4.04. The Bertz CT molecular complexity index is 511. The number of carbonyl (C=O) groups is 1. The lowest BCUT2D eigenvalue weighted by molar-refractivity contribution is -0.934. The van der Waals surface area contributed by atoms with Crippen LogP contribution in [0.4, 0.5) is 0 Å². The first-order valence-corrected chi connectivity index (χ1v) is 8.13. The van der Waals surface area contributed by atoms with Gasteiger partial charge in [-0.15, -0.1) is 0 Å². The van der Waals surface area contributed by atoms with Crippen LogP contribution in [0.15, 0.2) is 36.4 Å². The molecule has 4 nitrogen and oxygen atoms in total. The summed E-state index contributed by atoms with van der Waals surface area (Å²) in [6.07, 6.45) is 2.55. The number of amides is 1. The van der Waals surface area contributed by atoms with Gasteiger partial charge in [-0.05, 0) is 11.6 Å². The normalized spacial score (nSPS) is 18.3. The van der Waals surface area contributed by atoms with E-state index < -0.39 is 9.96 Å². The standard InChI is InChI=1S/C15H17Cl3N2O2/c16-15(17,18)14(20-8-10-22-11-9-20)19-13(21)7-6-12-4-2-1-3-5-12/h1-7,14H,8-11H2,(H,19,21)/p+1. The van der Waals surface area contributed by atoms with Gasteiger partial charge in [-0.1, -0.05) is 65.1 Å². The molecule has 1 aromatic carbocycles. The van der Waals surface area contributed by atoms with Crippen molar-refractivity contribution in [1.29, 1.82) is 0 Å². The summed E-state index contributed by atoms with van der Waals surface area (Å²) in [6, 6.07) is 9.53. The molecule has 1 heterocycles. The molecule has 22 heavy (non-hydrogen) atoms. The van der Waals surface area contributed by atoms with Crippen LogP contribution in [-0.4, -0.2) is 42.2 Å². The predicted octanol–water partition coefficient (Wildman–Crippen LogP) is 1.43. The van der Waals surface area contributed by atoms with Gasteiger partial charge in [-0.3, -0.25) is 10.1 Å². The fourth-order valence-corrected chi connectivity index (χ4v) is 2.89. The molecule has 1 fully saturated rings. The molecule has 0 saturated carbocycles. The number of halogens is 3. The van der Waals surface area contributed by atoms with Crippen molar-refractivity contribution in [2.24, 2.45) is 0 Å². The summed E-state index contributed by atoms with van der Waals surface area (Å²) in [5, 5.41) is 2.78. The molecule has 0 spiro atoms. The molecule has 0 aliphatic carbocycles. The molecule has 2 rings (SSSR count). The van der Waals surface area contributed by atoms with Crippen molar-refractivity contribution < 1.29 is 14.4 Å². The number of hydrogen-bond acceptors (Lipinski definition) is 2. The van der Waals surface area contributed by atoms with Gasteiger partial charge in [0.15, 0.2) is 0 Å². The summed E-state index contributed by atoms with van der Waals surface area (Å²) in [7, 11) is 0. The summed E-state index contributed by atoms with van der Waals surface area (Å²) in [4.78, 5) is 13.1. The number of ether oxygens (including phenoxy) is 1. The topological polar surface area (TPSA) is 42.8 Å². The van der Waals surface area contributed by atoms with Crippen molar-refractivity contribution in [3.05, 3.63) is 42.0 Å². The second kappa shape index (κ2) is 8.18. The van der Waals surface area contributed by atoms with Gasteiger partial charge in [0.25, 0.3) is 3.79 Å². The van der Waals surface area contributed by atoms with E-state index in [1.54, 1.807) is 6.08 Å². The monoisotopic (exact) mass is 363 g/mol. The van der Waals surface area contributed by atoms with Gasteiger partial charge in [0.05, 0.1) is 13.2 Å². The maximum absolute atomic E-state index is 12.1. The molecule has 120 valence electrons. The van der Waals surface area contributed by atoms with Crippen molar-refractivity contribution in [1.82, 2.24) is 5.32 Å². The zero-order chi connectivity index (χ0) is 16.0. The highest BCUT2D eigenvalue weighted by Gasteiger charge is 2.42. The minimum absolute atomic E-state index is 0.292. The first-order chi connectivity index (χ1) is 10.5. The van der Waals surface area contributed by atoms with Gasteiger partial charge < -0.3 is 9.64 Å². The molecule has 1 saturated heterocycles. The quantitative estimate of drug-likeness (QED) is 0.627. The van der Waals surface area contributed by atoms with E-state index in [4.69, 9.17) is 39.5 Å². The molecule has 0 aromatic heterocycles. The Morgan fingerprint density at radius 1 is 1.23 bits per heavy atom. The van der Waals surface area contributed by atoms with E-state index >= 15 is 0 Å². The van der Waals surface area contributed by atoms with Crippen LogP contribution >= 0.6 is 34.8 Å². The van der Waals surface area contributed by atoms with Gasteiger partial charge in [-0.2, -0.15) is 0 Å². The number of morpholine rings is 1. The third kappa shape index (κ3) is 5.45. The fourth-order valence-electron chi connectivity index (χ4n) is 2.26. The van der Waals surface area contributed by atoms with E-state index in [-0.39, 0.29) is 5.91 Å². The lowest BCUT2D eigenvalue weighted by Crippen LogP contribution is -3.21. The average molecular weight is 365 g/mol. The van der Waals surface area contributed by atoms with Gasteiger partial charge in [0.2, 0.25) is 12.1 Å². The number of alkyl halides is 3. The minimum atomic E-state index is -1.58. The van der Waals surface area contributed by atoms with Crippen molar-refractivity contribution in [3.63, 3.8) is 0 Å². The van der Waals surface area contributed by atoms with Gasteiger partial charge in [0, 0.05) is 6.08 Å². The molecule has 1 aliphatic heterocycles. The predicted molar refractivity (Wildman–Crippen MR) is 89.2 cm³/mol. The number of rotatable bonds is 4. The Hall–Kier alpha value is -0.780. The van der Waals surface area contributed by atoms with E-state index in [2.05, 4.69) is 5.32 Å². The van der Waals surface area contributed by atoms with Crippen LogP contribution in [0.3, 0.4) is 0 Å². The molecular formula is C15H18Cl3N2O2+. The lowest BCUT2D eigenvalue weighted by atomic mass is 10.2. The first-order valence-electron chi connectivity index (χ1n) is 6.99. The third-order valence-electron chi connectivity index (χ3n) is 3.38. The Morgan fingerprint density at radius 3 is 2.45 bits per heavy atom. The summed E-state index contributed by atoms with van der Waals surface area (Å²) in [5.74, 6) is -0.292. The first kappa shape index (κ1) is 17.6. The Morgan fingerprint density at radius 2 is 1.86 bits per heavy atom. The van der Waals surface area contributed by atoms with Gasteiger partial charge in [-0.25, -0.2) is 0 Å². The van der Waals surface area contributed by atoms with Crippen molar-refractivity contribution in [2.75, 3.05) is 26.3 Å². The molecule has 1 unspecified atom stereocenters. The second-order valence-corrected chi connectivity index (χ2v) is 7.37. The summed E-state index contributed by atoms with van der Waals surface area (Å²) in [6.45, 7) is 2.53. The van der Waals surface area contributed by atoms with E-state index in [0.29, 0.717) is 26.3 Å². The smallest absolute Gasteiger partial charge is 0.262 e. The summed E-state index contributed by atoms with van der Waals surface area (Å²) < 4.78 is 3.72. The summed E-state index contributed by atoms with van der Waals surface area (Å²) in [5.41, 5.74) is 0.932. The van der Waals surface area contributed by atoms with Crippen LogP contribution < -0.4 is 10.2 Å².